The Hall–Kier alpha value is -0.260. The molecule has 2 aliphatic rings. The van der Waals surface area contributed by atoms with Crippen LogP contribution < -0.4 is 0 Å². The lowest BCUT2D eigenvalue weighted by molar-refractivity contribution is 0.799. The first kappa shape index (κ1) is 5.52. The van der Waals surface area contributed by atoms with Gasteiger partial charge >= 0.3 is 0 Å². The Morgan fingerprint density at radius 3 is 2.78 bits per heavy atom. The highest BCUT2D eigenvalue weighted by molar-refractivity contribution is 5.41. The molecular weight excluding hydrogens is 108 g/mol. The molecule has 0 aromatic carbocycles. The maximum Gasteiger partial charge on any atom is -0.00217 e. The van der Waals surface area contributed by atoms with Gasteiger partial charge in [0.1, 0.15) is 0 Å². The van der Waals surface area contributed by atoms with Crippen LogP contribution in [0.15, 0.2) is 11.6 Å². The van der Waals surface area contributed by atoms with Gasteiger partial charge in [0.05, 0.1) is 0 Å². The minimum Gasteiger partial charge on any atom is -0.0850 e. The van der Waals surface area contributed by atoms with Gasteiger partial charge in [0, 0.05) is 0 Å². The summed E-state index contributed by atoms with van der Waals surface area (Å²) in [6.07, 6.45) is 6.58. The average molecular weight is 122 g/mol. The molecule has 0 aromatic heterocycles. The molecular formula is C9H14. The first-order chi connectivity index (χ1) is 4.29. The molecule has 0 amide bonds. The molecule has 0 aromatic rings. The lowest BCUT2D eigenvalue weighted by Crippen LogP contribution is -1.69. The molecule has 0 saturated heterocycles. The second kappa shape index (κ2) is 1.42. The van der Waals surface area contributed by atoms with E-state index in [0.29, 0.717) is 0 Å². The first-order valence-electron chi connectivity index (χ1n) is 3.99. The molecule has 1 spiro atoms. The molecule has 0 aliphatic heterocycles. The van der Waals surface area contributed by atoms with Crippen LogP contribution in [0.1, 0.15) is 33.1 Å². The Morgan fingerprint density at radius 2 is 2.44 bits per heavy atom. The summed E-state index contributed by atoms with van der Waals surface area (Å²) >= 11 is 0. The van der Waals surface area contributed by atoms with Crippen molar-refractivity contribution in [2.24, 2.45) is 11.3 Å². The highest BCUT2D eigenvalue weighted by Gasteiger charge is 2.64. The van der Waals surface area contributed by atoms with E-state index in [0.717, 1.165) is 11.3 Å². The van der Waals surface area contributed by atoms with Crippen molar-refractivity contribution >= 4 is 0 Å². The average Bonchev–Trinajstić information content (AvgIpc) is 2.58. The second-order valence-electron chi connectivity index (χ2n) is 3.58. The molecule has 2 saturated carbocycles. The zero-order chi connectivity index (χ0) is 6.48. The Kier molecular flexibility index (Phi) is 0.870. The van der Waals surface area contributed by atoms with E-state index in [4.69, 9.17) is 0 Å². The summed E-state index contributed by atoms with van der Waals surface area (Å²) in [7, 11) is 0. The van der Waals surface area contributed by atoms with Gasteiger partial charge in [0.15, 0.2) is 0 Å². The molecule has 50 valence electrons. The van der Waals surface area contributed by atoms with E-state index in [9.17, 15) is 0 Å². The summed E-state index contributed by atoms with van der Waals surface area (Å²) < 4.78 is 0. The largest absolute Gasteiger partial charge is 0.0850 e. The Balaban J connectivity index is 2.04. The molecule has 2 atom stereocenters. The van der Waals surface area contributed by atoms with Crippen molar-refractivity contribution in [3.8, 4) is 0 Å². The van der Waals surface area contributed by atoms with Gasteiger partial charge in [-0.1, -0.05) is 25.5 Å². The van der Waals surface area contributed by atoms with Gasteiger partial charge in [0.25, 0.3) is 0 Å². The fraction of sp³-hybridized carbons (Fsp3) is 0.778. The van der Waals surface area contributed by atoms with Gasteiger partial charge in [-0.25, -0.2) is 0 Å². The monoisotopic (exact) mass is 122 g/mol. The minimum atomic E-state index is 0.788. The Bertz CT molecular complexity index is 167. The van der Waals surface area contributed by atoms with Gasteiger partial charge in [-0.05, 0) is 30.6 Å². The Labute approximate surface area is 57.0 Å². The molecule has 2 rings (SSSR count). The van der Waals surface area contributed by atoms with Crippen LogP contribution in [0.2, 0.25) is 0 Å². The zero-order valence-electron chi connectivity index (χ0n) is 6.28. The van der Waals surface area contributed by atoms with Crippen LogP contribution in [0.3, 0.4) is 0 Å². The third-order valence-corrected chi connectivity index (χ3v) is 2.92. The van der Waals surface area contributed by atoms with Gasteiger partial charge in [0.2, 0.25) is 0 Å². The topological polar surface area (TPSA) is 0 Å². The van der Waals surface area contributed by atoms with Crippen molar-refractivity contribution in [1.82, 2.24) is 0 Å². The second-order valence-corrected chi connectivity index (χ2v) is 3.58. The SMILES string of the molecule is CCC=C1CC12CC2C. The number of allylic oxidation sites excluding steroid dienone is 2. The van der Waals surface area contributed by atoms with E-state index < -0.39 is 0 Å². The van der Waals surface area contributed by atoms with Crippen molar-refractivity contribution in [3.05, 3.63) is 11.6 Å². The molecule has 0 bridgehead atoms. The van der Waals surface area contributed by atoms with Gasteiger partial charge in [-0.15, -0.1) is 0 Å². The number of hydrogen-bond acceptors (Lipinski definition) is 0. The van der Waals surface area contributed by atoms with Crippen LogP contribution in [0.25, 0.3) is 0 Å². The summed E-state index contributed by atoms with van der Waals surface area (Å²) in [5.74, 6) is 1.02. The highest BCUT2D eigenvalue weighted by Crippen LogP contribution is 2.74. The van der Waals surface area contributed by atoms with Crippen LogP contribution in [0.4, 0.5) is 0 Å². The van der Waals surface area contributed by atoms with Crippen LogP contribution in [0, 0.1) is 11.3 Å². The zero-order valence-corrected chi connectivity index (χ0v) is 6.28. The molecule has 0 heterocycles. The van der Waals surface area contributed by atoms with Crippen LogP contribution in [-0.2, 0) is 0 Å². The Morgan fingerprint density at radius 1 is 1.78 bits per heavy atom. The highest BCUT2D eigenvalue weighted by atomic mass is 14.7. The lowest BCUT2D eigenvalue weighted by atomic mass is 10.3. The molecule has 0 radical (unpaired) electrons. The van der Waals surface area contributed by atoms with Crippen molar-refractivity contribution < 1.29 is 0 Å². The van der Waals surface area contributed by atoms with E-state index in [-0.39, 0.29) is 0 Å². The van der Waals surface area contributed by atoms with E-state index in [1.165, 1.54) is 19.3 Å². The van der Waals surface area contributed by atoms with Crippen molar-refractivity contribution in [2.75, 3.05) is 0 Å². The lowest BCUT2D eigenvalue weighted by Gasteiger charge is -1.78. The molecule has 0 heteroatoms. The predicted octanol–water partition coefficient (Wildman–Crippen LogP) is 2.75. The minimum absolute atomic E-state index is 0.788. The first-order valence-corrected chi connectivity index (χ1v) is 3.99. The summed E-state index contributed by atoms with van der Waals surface area (Å²) in [5.41, 5.74) is 2.55. The third kappa shape index (κ3) is 0.593. The van der Waals surface area contributed by atoms with Crippen LogP contribution >= 0.6 is 0 Å². The van der Waals surface area contributed by atoms with E-state index in [2.05, 4.69) is 19.9 Å². The van der Waals surface area contributed by atoms with Gasteiger partial charge in [-0.3, -0.25) is 0 Å². The third-order valence-electron chi connectivity index (χ3n) is 2.92. The van der Waals surface area contributed by atoms with Crippen molar-refractivity contribution in [1.29, 1.82) is 0 Å². The fourth-order valence-electron chi connectivity index (χ4n) is 2.00. The smallest absolute Gasteiger partial charge is 0.00217 e. The van der Waals surface area contributed by atoms with Crippen LogP contribution in [0.5, 0.6) is 0 Å². The quantitative estimate of drug-likeness (QED) is 0.469. The molecule has 0 N–H and O–H groups in total. The summed E-state index contributed by atoms with van der Waals surface area (Å²) in [6, 6.07) is 0. The van der Waals surface area contributed by atoms with Crippen molar-refractivity contribution in [2.45, 2.75) is 33.1 Å². The molecule has 2 aliphatic carbocycles. The van der Waals surface area contributed by atoms with E-state index in [1.54, 1.807) is 5.57 Å². The number of rotatable bonds is 1. The van der Waals surface area contributed by atoms with E-state index >= 15 is 0 Å². The molecule has 0 nitrogen and oxygen atoms in total. The van der Waals surface area contributed by atoms with Gasteiger partial charge < -0.3 is 0 Å². The molecule has 2 unspecified atom stereocenters. The molecule has 2 fully saturated rings. The maximum absolute atomic E-state index is 2.42. The summed E-state index contributed by atoms with van der Waals surface area (Å²) in [4.78, 5) is 0. The van der Waals surface area contributed by atoms with Crippen LogP contribution in [-0.4, -0.2) is 0 Å². The van der Waals surface area contributed by atoms with Gasteiger partial charge in [-0.2, -0.15) is 0 Å². The standard InChI is InChI=1S/C9H14/c1-3-4-8-6-9(8)5-7(9)2/h4,7H,3,5-6H2,1-2H3. The number of hydrogen-bond donors (Lipinski definition) is 0. The maximum atomic E-state index is 2.42. The fourth-order valence-corrected chi connectivity index (χ4v) is 2.00. The molecule has 9 heavy (non-hydrogen) atoms. The van der Waals surface area contributed by atoms with Crippen molar-refractivity contribution in [3.63, 3.8) is 0 Å². The summed E-state index contributed by atoms with van der Waals surface area (Å²) in [6.45, 7) is 4.60. The normalized spacial score (nSPS) is 50.4. The summed E-state index contributed by atoms with van der Waals surface area (Å²) in [5, 5.41) is 0. The van der Waals surface area contributed by atoms with E-state index in [1.807, 2.05) is 0 Å². The predicted molar refractivity (Wildman–Crippen MR) is 39.2 cm³/mol.